The highest BCUT2D eigenvalue weighted by molar-refractivity contribution is 8.08. The molecule has 6 rings (SSSR count). The second-order valence-corrected chi connectivity index (χ2v) is 13.6. The van der Waals surface area contributed by atoms with Gasteiger partial charge in [-0.1, -0.05) is 54.9 Å². The SMILES string of the molecule is CCCCn1c(=O)/c(=C2/Sc3ccccc3N2C)s/c1=C1/C(=O)N(c2ccc(S(=O)(=O)O)cc2Cl)N=C1C.c1ccncc1. The molecule has 0 spiro atoms. The third-order valence-corrected chi connectivity index (χ3v) is 10.5. The average molecular weight is 670 g/mol. The number of nitrogens with zero attached hydrogens (tertiary/aromatic N) is 5. The van der Waals surface area contributed by atoms with Gasteiger partial charge in [0.1, 0.15) is 14.2 Å². The van der Waals surface area contributed by atoms with Crippen LogP contribution >= 0.6 is 34.7 Å². The summed E-state index contributed by atoms with van der Waals surface area (Å²) >= 11 is 9.07. The van der Waals surface area contributed by atoms with Gasteiger partial charge in [-0.3, -0.25) is 23.7 Å². The largest absolute Gasteiger partial charge is 0.337 e. The van der Waals surface area contributed by atoms with Crippen LogP contribution in [-0.2, 0) is 21.5 Å². The number of rotatable bonds is 5. The van der Waals surface area contributed by atoms with Crippen LogP contribution in [0.1, 0.15) is 26.7 Å². The molecule has 44 heavy (non-hydrogen) atoms. The van der Waals surface area contributed by atoms with E-state index in [9.17, 15) is 22.6 Å². The minimum absolute atomic E-state index is 0.0705. The highest BCUT2D eigenvalue weighted by atomic mass is 35.5. The Hall–Kier alpha value is -3.75. The lowest BCUT2D eigenvalue weighted by molar-refractivity contribution is -0.112. The number of hydrazone groups is 1. The van der Waals surface area contributed by atoms with E-state index in [4.69, 9.17) is 11.6 Å². The van der Waals surface area contributed by atoms with E-state index in [0.717, 1.165) is 45.6 Å². The zero-order chi connectivity index (χ0) is 31.6. The predicted octanol–water partition coefficient (Wildman–Crippen LogP) is 4.57. The van der Waals surface area contributed by atoms with Crippen molar-refractivity contribution >= 4 is 78.4 Å². The van der Waals surface area contributed by atoms with Gasteiger partial charge >= 0.3 is 0 Å². The standard InChI is InChI=1S/C25H23ClN4O5S3.C5H5N/c1-4-5-12-29-23(32)21(25-28(3)18-8-6-7-9-19(18)36-25)37-24(29)20-14(2)27-30(22(20)31)17-11-10-15(13-16(17)26)38(33,34)35;1-2-4-6-5-3-1/h6-11,13H,4-5,12H2,1-3H3,(H,33,34,35);1-5H/b24-20+,25-21-;. The molecular weight excluding hydrogens is 642 g/mol. The third-order valence-electron chi connectivity index (χ3n) is 6.79. The maximum absolute atomic E-state index is 13.7. The Balaban J connectivity index is 0.000000573. The highest BCUT2D eigenvalue weighted by Crippen LogP contribution is 2.45. The Morgan fingerprint density at radius 3 is 2.32 bits per heavy atom. The van der Waals surface area contributed by atoms with Crippen molar-refractivity contribution in [1.29, 1.82) is 0 Å². The summed E-state index contributed by atoms with van der Waals surface area (Å²) in [5.74, 6) is -0.484. The highest BCUT2D eigenvalue weighted by Gasteiger charge is 2.33. The minimum Gasteiger partial charge on any atom is -0.337 e. The van der Waals surface area contributed by atoms with Gasteiger partial charge in [-0.05, 0) is 55.8 Å². The number of pyridine rings is 1. The lowest BCUT2D eigenvalue weighted by Crippen LogP contribution is -2.35. The van der Waals surface area contributed by atoms with Crippen LogP contribution in [0.25, 0.3) is 10.6 Å². The second kappa shape index (κ2) is 13.1. The van der Waals surface area contributed by atoms with Crippen LogP contribution in [0.2, 0.25) is 5.02 Å². The number of unbranched alkanes of at least 4 members (excludes halogenated alkanes) is 1. The molecule has 14 heteroatoms. The number of amides is 1. The molecule has 0 unspecified atom stereocenters. The summed E-state index contributed by atoms with van der Waals surface area (Å²) in [6.45, 7) is 4.16. The molecular formula is C30H28ClN5O5S3. The summed E-state index contributed by atoms with van der Waals surface area (Å²) in [5.41, 5.74) is 1.70. The number of para-hydroxylation sites is 1. The fraction of sp³-hybridized carbons (Fsp3) is 0.200. The number of fused-ring (bicyclic) bond motifs is 1. The Morgan fingerprint density at radius 1 is 1.00 bits per heavy atom. The molecule has 4 heterocycles. The molecule has 0 bridgehead atoms. The van der Waals surface area contributed by atoms with Gasteiger partial charge in [0, 0.05) is 30.9 Å². The molecule has 0 saturated carbocycles. The molecule has 2 aliphatic heterocycles. The van der Waals surface area contributed by atoms with Crippen molar-refractivity contribution in [1.82, 2.24) is 9.55 Å². The summed E-state index contributed by atoms with van der Waals surface area (Å²) in [7, 11) is -2.55. The minimum atomic E-state index is -4.47. The van der Waals surface area contributed by atoms with E-state index in [1.165, 1.54) is 29.2 Å². The number of hydrogen-bond donors (Lipinski definition) is 1. The molecule has 2 aromatic heterocycles. The molecule has 0 aliphatic carbocycles. The van der Waals surface area contributed by atoms with Crippen molar-refractivity contribution in [2.24, 2.45) is 5.10 Å². The maximum atomic E-state index is 13.7. The first-order chi connectivity index (χ1) is 21.0. The van der Waals surface area contributed by atoms with Gasteiger partial charge < -0.3 is 4.90 Å². The predicted molar refractivity (Wildman–Crippen MR) is 176 cm³/mol. The van der Waals surface area contributed by atoms with E-state index in [-0.39, 0.29) is 21.8 Å². The molecule has 0 radical (unpaired) electrons. The van der Waals surface area contributed by atoms with Crippen molar-refractivity contribution < 1.29 is 17.8 Å². The summed E-state index contributed by atoms with van der Waals surface area (Å²) in [6, 6.07) is 17.1. The number of anilines is 2. The molecule has 1 amide bonds. The summed E-state index contributed by atoms with van der Waals surface area (Å²) in [5, 5.41) is 6.22. The number of carbonyl (C=O) groups excluding carboxylic acids is 1. The fourth-order valence-corrected chi connectivity index (χ4v) is 8.00. The second-order valence-electron chi connectivity index (χ2n) is 9.77. The van der Waals surface area contributed by atoms with E-state index in [2.05, 4.69) is 10.1 Å². The molecule has 0 fully saturated rings. The molecule has 0 atom stereocenters. The van der Waals surface area contributed by atoms with E-state index in [1.54, 1.807) is 23.9 Å². The molecule has 4 aromatic rings. The third kappa shape index (κ3) is 6.24. The monoisotopic (exact) mass is 669 g/mol. The Morgan fingerprint density at radius 2 is 1.73 bits per heavy atom. The van der Waals surface area contributed by atoms with Gasteiger partial charge in [-0.25, -0.2) is 0 Å². The molecule has 0 saturated heterocycles. The van der Waals surface area contributed by atoms with Crippen molar-refractivity contribution in [3.63, 3.8) is 0 Å². The summed E-state index contributed by atoms with van der Waals surface area (Å²) in [6.07, 6.45) is 5.12. The maximum Gasteiger partial charge on any atom is 0.294 e. The van der Waals surface area contributed by atoms with Crippen LogP contribution in [0.15, 0.2) is 92.7 Å². The van der Waals surface area contributed by atoms with Gasteiger partial charge in [0.05, 0.1) is 32.6 Å². The first kappa shape index (κ1) is 31.7. The van der Waals surface area contributed by atoms with Crippen LogP contribution in [-0.4, -0.2) is 41.2 Å². The Kier molecular flexibility index (Phi) is 9.42. The normalized spacial score (nSPS) is 16.9. The smallest absolute Gasteiger partial charge is 0.294 e. The molecule has 2 aromatic carbocycles. The van der Waals surface area contributed by atoms with Gasteiger partial charge in [0.15, 0.2) is 0 Å². The van der Waals surface area contributed by atoms with E-state index >= 15 is 0 Å². The van der Waals surface area contributed by atoms with Gasteiger partial charge in [-0.2, -0.15) is 18.5 Å². The zero-order valence-electron chi connectivity index (χ0n) is 24.0. The van der Waals surface area contributed by atoms with E-state index in [1.807, 2.05) is 61.3 Å². The number of halogens is 1. The molecule has 10 nitrogen and oxygen atoms in total. The van der Waals surface area contributed by atoms with Crippen molar-refractivity contribution in [2.45, 2.75) is 43.0 Å². The number of hydrogen-bond acceptors (Lipinski definition) is 9. The van der Waals surface area contributed by atoms with Crippen LogP contribution in [0.4, 0.5) is 11.4 Å². The fourth-order valence-electron chi connectivity index (χ4n) is 4.60. The Labute approximate surface area is 267 Å². The van der Waals surface area contributed by atoms with Gasteiger partial charge in [0.25, 0.3) is 21.6 Å². The van der Waals surface area contributed by atoms with Crippen molar-refractivity contribution in [2.75, 3.05) is 17.0 Å². The van der Waals surface area contributed by atoms with Crippen LogP contribution < -0.4 is 24.7 Å². The van der Waals surface area contributed by atoms with E-state index in [0.29, 0.717) is 21.5 Å². The van der Waals surface area contributed by atoms with Gasteiger partial charge in [0.2, 0.25) is 0 Å². The first-order valence-corrected chi connectivity index (χ1v) is 17.0. The summed E-state index contributed by atoms with van der Waals surface area (Å²) < 4.78 is 35.0. The molecule has 1 N–H and O–H groups in total. The van der Waals surface area contributed by atoms with Crippen molar-refractivity contribution in [3.05, 3.63) is 97.6 Å². The number of benzene rings is 2. The Bertz CT molecular complexity index is 2030. The van der Waals surface area contributed by atoms with Crippen LogP contribution in [0.5, 0.6) is 0 Å². The topological polar surface area (TPSA) is 125 Å². The lowest BCUT2D eigenvalue weighted by atomic mass is 10.2. The summed E-state index contributed by atoms with van der Waals surface area (Å²) in [4.78, 5) is 33.8. The number of carbonyl (C=O) groups is 1. The number of aromatic nitrogens is 2. The average Bonchev–Trinajstić information content (AvgIpc) is 3.61. The van der Waals surface area contributed by atoms with Crippen molar-refractivity contribution in [3.8, 4) is 0 Å². The van der Waals surface area contributed by atoms with Crippen LogP contribution in [0, 0.1) is 0 Å². The van der Waals surface area contributed by atoms with Gasteiger partial charge in [-0.15, -0.1) is 11.3 Å². The quantitative estimate of drug-likeness (QED) is 0.307. The molecule has 2 aliphatic rings. The number of thiazole rings is 1. The first-order valence-electron chi connectivity index (χ1n) is 13.5. The zero-order valence-corrected chi connectivity index (χ0v) is 27.2. The lowest BCUT2D eigenvalue weighted by Gasteiger charge is -2.14. The molecule has 228 valence electrons. The van der Waals surface area contributed by atoms with Crippen LogP contribution in [0.3, 0.4) is 0 Å². The number of thioether (sulfide) groups is 1. The van der Waals surface area contributed by atoms with E-state index < -0.39 is 20.9 Å².